The number of nitrogens with zero attached hydrogens (tertiary/aromatic N) is 1. The summed E-state index contributed by atoms with van der Waals surface area (Å²) in [4.78, 5) is 0. The van der Waals surface area contributed by atoms with Crippen LogP contribution in [0.4, 0.5) is 0 Å². The number of hydrogen-bond acceptors (Lipinski definition) is 3. The lowest BCUT2D eigenvalue weighted by Gasteiger charge is -2.43. The second-order valence-electron chi connectivity index (χ2n) is 6.21. The first kappa shape index (κ1) is 15.5. The Bertz CT molecular complexity index is 563. The summed E-state index contributed by atoms with van der Waals surface area (Å²) in [7, 11) is -3.34. The molecule has 0 amide bonds. The molecule has 2 rings (SSSR count). The highest BCUT2D eigenvalue weighted by atomic mass is 32.2. The van der Waals surface area contributed by atoms with Gasteiger partial charge in [-0.05, 0) is 33.3 Å². The molecule has 1 aliphatic rings. The molecule has 1 unspecified atom stereocenters. The molecule has 0 spiro atoms. The maximum absolute atomic E-state index is 12.7. The minimum atomic E-state index is -3.34. The number of morpholine rings is 1. The molecule has 0 aromatic heterocycles. The lowest BCUT2D eigenvalue weighted by Crippen LogP contribution is -2.57. The summed E-state index contributed by atoms with van der Waals surface area (Å²) in [6, 6.07) is 7.64. The molecule has 1 aliphatic heterocycles. The van der Waals surface area contributed by atoms with Crippen LogP contribution in [-0.4, -0.2) is 37.5 Å². The Labute approximate surface area is 121 Å². The van der Waals surface area contributed by atoms with E-state index in [9.17, 15) is 8.42 Å². The van der Waals surface area contributed by atoms with E-state index in [2.05, 4.69) is 0 Å². The largest absolute Gasteiger partial charge is 0.375 e. The molecular formula is C15H23NO3S. The van der Waals surface area contributed by atoms with Crippen molar-refractivity contribution in [3.8, 4) is 0 Å². The van der Waals surface area contributed by atoms with Crippen LogP contribution in [0, 0.1) is 6.92 Å². The molecule has 4 nitrogen and oxygen atoms in total. The molecule has 1 atom stereocenters. The SMILES string of the molecule is Cc1ccc(CS(=O)(=O)N2CC(C)OCC2(C)C)cc1. The Hall–Kier alpha value is -0.910. The lowest BCUT2D eigenvalue weighted by molar-refractivity contribution is -0.0551. The van der Waals surface area contributed by atoms with Gasteiger partial charge in [0, 0.05) is 6.54 Å². The van der Waals surface area contributed by atoms with Crippen LogP contribution in [0.3, 0.4) is 0 Å². The van der Waals surface area contributed by atoms with E-state index in [0.29, 0.717) is 13.2 Å². The van der Waals surface area contributed by atoms with Gasteiger partial charge in [0.15, 0.2) is 0 Å². The fraction of sp³-hybridized carbons (Fsp3) is 0.600. The van der Waals surface area contributed by atoms with Crippen molar-refractivity contribution in [2.75, 3.05) is 13.2 Å². The van der Waals surface area contributed by atoms with Crippen molar-refractivity contribution in [2.45, 2.75) is 45.1 Å². The van der Waals surface area contributed by atoms with E-state index >= 15 is 0 Å². The molecule has 5 heteroatoms. The van der Waals surface area contributed by atoms with E-state index in [0.717, 1.165) is 11.1 Å². The number of ether oxygens (including phenoxy) is 1. The third kappa shape index (κ3) is 3.40. The Morgan fingerprint density at radius 3 is 2.50 bits per heavy atom. The maximum Gasteiger partial charge on any atom is 0.218 e. The van der Waals surface area contributed by atoms with E-state index in [-0.39, 0.29) is 11.9 Å². The predicted molar refractivity (Wildman–Crippen MR) is 80.0 cm³/mol. The summed E-state index contributed by atoms with van der Waals surface area (Å²) in [5.41, 5.74) is 1.47. The zero-order valence-corrected chi connectivity index (χ0v) is 13.4. The molecule has 0 aliphatic carbocycles. The molecule has 112 valence electrons. The quantitative estimate of drug-likeness (QED) is 0.860. The van der Waals surface area contributed by atoms with Crippen molar-refractivity contribution in [2.24, 2.45) is 0 Å². The van der Waals surface area contributed by atoms with Crippen LogP contribution in [0.5, 0.6) is 0 Å². The minimum absolute atomic E-state index is 0.0451. The van der Waals surface area contributed by atoms with Crippen molar-refractivity contribution >= 4 is 10.0 Å². The average Bonchev–Trinajstić information content (AvgIpc) is 2.35. The fourth-order valence-electron chi connectivity index (χ4n) is 2.41. The van der Waals surface area contributed by atoms with E-state index in [1.807, 2.05) is 52.0 Å². The maximum atomic E-state index is 12.7. The first-order valence-electron chi connectivity index (χ1n) is 6.88. The Kier molecular flexibility index (Phi) is 4.23. The van der Waals surface area contributed by atoms with E-state index in [1.54, 1.807) is 4.31 Å². The fourth-order valence-corrected chi connectivity index (χ4v) is 4.43. The lowest BCUT2D eigenvalue weighted by atomic mass is 10.1. The molecule has 1 aromatic carbocycles. The molecule has 1 aromatic rings. The van der Waals surface area contributed by atoms with Crippen molar-refractivity contribution in [3.63, 3.8) is 0 Å². The van der Waals surface area contributed by atoms with Crippen LogP contribution < -0.4 is 0 Å². The topological polar surface area (TPSA) is 46.6 Å². The molecule has 0 bridgehead atoms. The first-order valence-corrected chi connectivity index (χ1v) is 8.49. The molecule has 0 radical (unpaired) electrons. The van der Waals surface area contributed by atoms with Gasteiger partial charge in [0.2, 0.25) is 10.0 Å². The number of benzene rings is 1. The Morgan fingerprint density at radius 2 is 1.90 bits per heavy atom. The summed E-state index contributed by atoms with van der Waals surface area (Å²) < 4.78 is 32.5. The monoisotopic (exact) mass is 297 g/mol. The highest BCUT2D eigenvalue weighted by Gasteiger charge is 2.40. The smallest absolute Gasteiger partial charge is 0.218 e. The minimum Gasteiger partial charge on any atom is -0.375 e. The second-order valence-corrected chi connectivity index (χ2v) is 8.10. The second kappa shape index (κ2) is 5.47. The van der Waals surface area contributed by atoms with E-state index < -0.39 is 15.6 Å². The van der Waals surface area contributed by atoms with Gasteiger partial charge >= 0.3 is 0 Å². The summed E-state index contributed by atoms with van der Waals surface area (Å²) in [6.07, 6.45) is -0.0594. The van der Waals surface area contributed by atoms with Crippen molar-refractivity contribution in [1.29, 1.82) is 0 Å². The zero-order valence-electron chi connectivity index (χ0n) is 12.6. The molecule has 1 heterocycles. The van der Waals surface area contributed by atoms with Crippen molar-refractivity contribution in [3.05, 3.63) is 35.4 Å². The van der Waals surface area contributed by atoms with Gasteiger partial charge in [-0.15, -0.1) is 0 Å². The van der Waals surface area contributed by atoms with E-state index in [4.69, 9.17) is 4.74 Å². The third-order valence-electron chi connectivity index (χ3n) is 3.62. The molecule has 1 fully saturated rings. The summed E-state index contributed by atoms with van der Waals surface area (Å²) in [6.45, 7) is 8.56. The summed E-state index contributed by atoms with van der Waals surface area (Å²) in [5, 5.41) is 0. The van der Waals surface area contributed by atoms with Crippen molar-refractivity contribution < 1.29 is 13.2 Å². The van der Waals surface area contributed by atoms with Gasteiger partial charge in [-0.2, -0.15) is 4.31 Å². The molecule has 20 heavy (non-hydrogen) atoms. The van der Waals surface area contributed by atoms with Crippen LogP contribution in [0.15, 0.2) is 24.3 Å². The number of rotatable bonds is 3. The van der Waals surface area contributed by atoms with Gasteiger partial charge in [-0.3, -0.25) is 0 Å². The summed E-state index contributed by atoms with van der Waals surface area (Å²) in [5.74, 6) is 0.0451. The van der Waals surface area contributed by atoms with Crippen LogP contribution in [-0.2, 0) is 20.5 Å². The number of sulfonamides is 1. The van der Waals surface area contributed by atoms with Gasteiger partial charge in [0.1, 0.15) is 0 Å². The third-order valence-corrected chi connectivity index (χ3v) is 5.64. The molecular weight excluding hydrogens is 274 g/mol. The summed E-state index contributed by atoms with van der Waals surface area (Å²) >= 11 is 0. The number of hydrogen-bond donors (Lipinski definition) is 0. The molecule has 1 saturated heterocycles. The van der Waals surface area contributed by atoms with Crippen LogP contribution in [0.25, 0.3) is 0 Å². The standard InChI is InChI=1S/C15H23NO3S/c1-12-5-7-14(8-6-12)10-20(17,18)16-9-13(2)19-11-15(16,3)4/h5-8,13H,9-11H2,1-4H3. The van der Waals surface area contributed by atoms with Gasteiger partial charge in [-0.1, -0.05) is 29.8 Å². The normalized spacial score (nSPS) is 23.7. The van der Waals surface area contributed by atoms with Crippen molar-refractivity contribution in [1.82, 2.24) is 4.31 Å². The first-order chi connectivity index (χ1) is 9.21. The van der Waals surface area contributed by atoms with Gasteiger partial charge in [0.05, 0.1) is 24.0 Å². The molecule has 0 saturated carbocycles. The van der Waals surface area contributed by atoms with Crippen LogP contribution in [0.1, 0.15) is 31.9 Å². The Balaban J connectivity index is 2.22. The number of aryl methyl sites for hydroxylation is 1. The highest BCUT2D eigenvalue weighted by molar-refractivity contribution is 7.88. The van der Waals surface area contributed by atoms with Gasteiger partial charge in [0.25, 0.3) is 0 Å². The van der Waals surface area contributed by atoms with E-state index in [1.165, 1.54) is 0 Å². The highest BCUT2D eigenvalue weighted by Crippen LogP contribution is 2.27. The zero-order chi connectivity index (χ0) is 15.0. The van der Waals surface area contributed by atoms with Gasteiger partial charge in [-0.25, -0.2) is 8.42 Å². The Morgan fingerprint density at radius 1 is 1.30 bits per heavy atom. The molecule has 0 N–H and O–H groups in total. The average molecular weight is 297 g/mol. The van der Waals surface area contributed by atoms with Crippen LogP contribution >= 0.6 is 0 Å². The van der Waals surface area contributed by atoms with Gasteiger partial charge < -0.3 is 4.74 Å². The predicted octanol–water partition coefficient (Wildman–Crippen LogP) is 2.32. The van der Waals surface area contributed by atoms with Crippen LogP contribution in [0.2, 0.25) is 0 Å².